The fourth-order valence-corrected chi connectivity index (χ4v) is 4.36. The molecule has 1 aromatic heterocycles. The first kappa shape index (κ1) is 21.2. The van der Waals surface area contributed by atoms with Gasteiger partial charge in [-0.25, -0.2) is 4.98 Å². The molecule has 0 aliphatic carbocycles. The standard InChI is InChI=1S/C24H26N4O2S/c1-15(2)31(29)20-11-9-18(10-12-20)21-14-25-17(4)22(26-21)24-28(5)27-23(30-24)19-8-6-7-16(3)13-19/h6-15,24H,1-5H3. The molecule has 160 valence electrons. The van der Waals surface area contributed by atoms with Crippen LogP contribution in [-0.2, 0) is 15.5 Å². The molecule has 2 unspecified atom stereocenters. The molecule has 0 fully saturated rings. The molecule has 6 nitrogen and oxygen atoms in total. The molecule has 31 heavy (non-hydrogen) atoms. The Balaban J connectivity index is 1.61. The van der Waals surface area contributed by atoms with Gasteiger partial charge < -0.3 is 4.74 Å². The van der Waals surface area contributed by atoms with Gasteiger partial charge in [-0.3, -0.25) is 14.2 Å². The first-order valence-corrected chi connectivity index (χ1v) is 11.4. The van der Waals surface area contributed by atoms with Crippen LogP contribution < -0.4 is 0 Å². The third-order valence-corrected chi connectivity index (χ3v) is 6.71. The fraction of sp³-hybridized carbons (Fsp3) is 0.292. The van der Waals surface area contributed by atoms with Crippen molar-refractivity contribution in [2.75, 3.05) is 7.05 Å². The number of hydrogen-bond donors (Lipinski definition) is 0. The average Bonchev–Trinajstić information content (AvgIpc) is 3.15. The Labute approximate surface area is 185 Å². The minimum Gasteiger partial charge on any atom is -0.444 e. The Morgan fingerprint density at radius 3 is 2.48 bits per heavy atom. The molecule has 4 rings (SSSR count). The Hall–Kier alpha value is -3.06. The van der Waals surface area contributed by atoms with Gasteiger partial charge in [0.05, 0.1) is 28.4 Å². The summed E-state index contributed by atoms with van der Waals surface area (Å²) in [6.45, 7) is 7.87. The molecule has 2 atom stereocenters. The Morgan fingerprint density at radius 1 is 1.06 bits per heavy atom. The van der Waals surface area contributed by atoms with E-state index in [1.165, 1.54) is 0 Å². The largest absolute Gasteiger partial charge is 0.444 e. The van der Waals surface area contributed by atoms with E-state index < -0.39 is 17.0 Å². The number of aromatic nitrogens is 2. The summed E-state index contributed by atoms with van der Waals surface area (Å²) in [5, 5.41) is 6.42. The molecule has 0 saturated heterocycles. The summed E-state index contributed by atoms with van der Waals surface area (Å²) in [5.41, 5.74) is 5.25. The van der Waals surface area contributed by atoms with Crippen molar-refractivity contribution < 1.29 is 8.95 Å². The monoisotopic (exact) mass is 434 g/mol. The van der Waals surface area contributed by atoms with Gasteiger partial charge >= 0.3 is 0 Å². The van der Waals surface area contributed by atoms with Crippen LogP contribution in [-0.4, -0.2) is 37.4 Å². The minimum atomic E-state index is -1.02. The Bertz CT molecular complexity index is 1160. The van der Waals surface area contributed by atoms with E-state index >= 15 is 0 Å². The lowest BCUT2D eigenvalue weighted by Gasteiger charge is -2.19. The predicted octanol–water partition coefficient (Wildman–Crippen LogP) is 4.60. The molecule has 0 saturated carbocycles. The van der Waals surface area contributed by atoms with Gasteiger partial charge in [-0.2, -0.15) is 0 Å². The normalized spacial score (nSPS) is 16.9. The van der Waals surface area contributed by atoms with Gasteiger partial charge in [0.1, 0.15) is 5.69 Å². The van der Waals surface area contributed by atoms with Crippen molar-refractivity contribution in [1.82, 2.24) is 15.0 Å². The Morgan fingerprint density at radius 2 is 1.81 bits per heavy atom. The number of hydrazone groups is 1. The van der Waals surface area contributed by atoms with Crippen LogP contribution in [0.15, 0.2) is 64.7 Å². The topological polar surface area (TPSA) is 67.7 Å². The molecule has 7 heteroatoms. The summed E-state index contributed by atoms with van der Waals surface area (Å²) < 4.78 is 18.5. The molecular formula is C24H26N4O2S. The van der Waals surface area contributed by atoms with Crippen molar-refractivity contribution in [3.63, 3.8) is 0 Å². The average molecular weight is 435 g/mol. The van der Waals surface area contributed by atoms with Crippen molar-refractivity contribution in [2.24, 2.45) is 5.10 Å². The summed E-state index contributed by atoms with van der Waals surface area (Å²) in [6.07, 6.45) is 1.31. The van der Waals surface area contributed by atoms with E-state index in [1.807, 2.05) is 83.3 Å². The van der Waals surface area contributed by atoms with Crippen LogP contribution in [0.3, 0.4) is 0 Å². The predicted molar refractivity (Wildman–Crippen MR) is 123 cm³/mol. The van der Waals surface area contributed by atoms with Crippen LogP contribution >= 0.6 is 0 Å². The molecule has 0 N–H and O–H groups in total. The van der Waals surface area contributed by atoms with Crippen LogP contribution in [0.2, 0.25) is 0 Å². The number of hydrogen-bond acceptors (Lipinski definition) is 6. The lowest BCUT2D eigenvalue weighted by Crippen LogP contribution is -2.19. The van der Waals surface area contributed by atoms with E-state index in [9.17, 15) is 4.21 Å². The summed E-state index contributed by atoms with van der Waals surface area (Å²) >= 11 is 0. The molecule has 0 spiro atoms. The van der Waals surface area contributed by atoms with Crippen LogP contribution in [0.1, 0.15) is 42.6 Å². The van der Waals surface area contributed by atoms with Gasteiger partial charge in [-0.1, -0.05) is 43.7 Å². The van der Waals surface area contributed by atoms with E-state index in [1.54, 1.807) is 11.2 Å². The highest BCUT2D eigenvalue weighted by Gasteiger charge is 2.31. The van der Waals surface area contributed by atoms with Crippen LogP contribution in [0.4, 0.5) is 0 Å². The zero-order chi connectivity index (χ0) is 22.1. The number of rotatable bonds is 5. The SMILES string of the molecule is Cc1cccc(C2=NN(C)C(c3nc(-c4ccc(S(=O)C(C)C)cc4)cnc3C)O2)c1. The summed E-state index contributed by atoms with van der Waals surface area (Å²) in [5.74, 6) is 0.573. The first-order chi connectivity index (χ1) is 14.8. The van der Waals surface area contributed by atoms with Gasteiger partial charge in [-0.05, 0) is 38.1 Å². The molecular weight excluding hydrogens is 408 g/mol. The highest BCUT2D eigenvalue weighted by molar-refractivity contribution is 7.85. The molecule has 1 aliphatic rings. The van der Waals surface area contributed by atoms with Gasteiger partial charge in [0.25, 0.3) is 0 Å². The van der Waals surface area contributed by atoms with Gasteiger partial charge in [0.2, 0.25) is 12.1 Å². The maximum Gasteiger partial charge on any atom is 0.240 e. The van der Waals surface area contributed by atoms with Gasteiger partial charge in [0.15, 0.2) is 0 Å². The lowest BCUT2D eigenvalue weighted by atomic mass is 10.1. The third-order valence-electron chi connectivity index (χ3n) is 5.11. The second-order valence-corrected chi connectivity index (χ2v) is 9.92. The van der Waals surface area contributed by atoms with Crippen molar-refractivity contribution in [2.45, 2.75) is 44.1 Å². The van der Waals surface area contributed by atoms with Crippen molar-refractivity contribution >= 4 is 16.7 Å². The maximum atomic E-state index is 12.3. The highest BCUT2D eigenvalue weighted by atomic mass is 32.2. The van der Waals surface area contributed by atoms with Crippen molar-refractivity contribution in [3.8, 4) is 11.3 Å². The van der Waals surface area contributed by atoms with Crippen LogP contribution in [0.5, 0.6) is 0 Å². The zero-order valence-electron chi connectivity index (χ0n) is 18.4. The number of aryl methyl sites for hydroxylation is 2. The number of benzene rings is 2. The summed E-state index contributed by atoms with van der Waals surface area (Å²) in [7, 11) is 0.856. The second-order valence-electron chi connectivity index (χ2n) is 7.91. The van der Waals surface area contributed by atoms with E-state index in [4.69, 9.17) is 9.72 Å². The fourth-order valence-electron chi connectivity index (χ4n) is 3.41. The van der Waals surface area contributed by atoms with Crippen molar-refractivity contribution in [3.05, 3.63) is 77.2 Å². The molecule has 1 aliphatic heterocycles. The maximum absolute atomic E-state index is 12.3. The van der Waals surface area contributed by atoms with Crippen molar-refractivity contribution in [1.29, 1.82) is 0 Å². The zero-order valence-corrected chi connectivity index (χ0v) is 19.2. The van der Waals surface area contributed by atoms with E-state index in [-0.39, 0.29) is 5.25 Å². The van der Waals surface area contributed by atoms with E-state index in [0.29, 0.717) is 5.90 Å². The summed E-state index contributed by atoms with van der Waals surface area (Å²) in [6, 6.07) is 15.7. The van der Waals surface area contributed by atoms with Crippen LogP contribution in [0, 0.1) is 13.8 Å². The molecule has 0 amide bonds. The number of nitrogens with zero attached hydrogens (tertiary/aromatic N) is 4. The quantitative estimate of drug-likeness (QED) is 0.587. The van der Waals surface area contributed by atoms with Gasteiger partial charge in [-0.15, -0.1) is 5.10 Å². The number of ether oxygens (including phenoxy) is 1. The first-order valence-electron chi connectivity index (χ1n) is 10.2. The van der Waals surface area contributed by atoms with E-state index in [2.05, 4.69) is 10.1 Å². The second kappa shape index (κ2) is 8.59. The minimum absolute atomic E-state index is 0.0780. The van der Waals surface area contributed by atoms with E-state index in [0.717, 1.165) is 38.7 Å². The molecule has 3 aromatic rings. The molecule has 2 aromatic carbocycles. The van der Waals surface area contributed by atoms with Gasteiger partial charge in [0, 0.05) is 28.3 Å². The lowest BCUT2D eigenvalue weighted by molar-refractivity contribution is 0.0729. The molecule has 0 radical (unpaired) electrons. The highest BCUT2D eigenvalue weighted by Crippen LogP contribution is 2.30. The Kier molecular flexibility index (Phi) is 5.87. The summed E-state index contributed by atoms with van der Waals surface area (Å²) in [4.78, 5) is 10.2. The molecule has 2 heterocycles. The molecule has 0 bridgehead atoms. The van der Waals surface area contributed by atoms with Crippen LogP contribution in [0.25, 0.3) is 11.3 Å². The third kappa shape index (κ3) is 4.37. The smallest absolute Gasteiger partial charge is 0.240 e.